The number of halogens is 2. The van der Waals surface area contributed by atoms with Gasteiger partial charge in [-0.05, 0) is 55.3 Å². The molecular weight excluding hydrogens is 425 g/mol. The second kappa shape index (κ2) is 7.20. The van der Waals surface area contributed by atoms with E-state index < -0.39 is 6.04 Å². The van der Waals surface area contributed by atoms with Gasteiger partial charge in [-0.1, -0.05) is 28.1 Å². The van der Waals surface area contributed by atoms with Crippen molar-refractivity contribution in [3.8, 4) is 0 Å². The molecule has 0 radical (unpaired) electrons. The van der Waals surface area contributed by atoms with Gasteiger partial charge in [-0.15, -0.1) is 0 Å². The molecule has 1 unspecified atom stereocenters. The maximum atomic E-state index is 13.4. The first-order chi connectivity index (χ1) is 13.4. The summed E-state index contributed by atoms with van der Waals surface area (Å²) in [5.41, 5.74) is 3.31. The molecule has 2 N–H and O–H groups in total. The van der Waals surface area contributed by atoms with Crippen LogP contribution in [0.15, 0.2) is 64.5 Å². The van der Waals surface area contributed by atoms with Gasteiger partial charge in [0.2, 0.25) is 5.95 Å². The first kappa shape index (κ1) is 18.4. The van der Waals surface area contributed by atoms with Crippen molar-refractivity contribution < 1.29 is 9.18 Å². The van der Waals surface area contributed by atoms with Gasteiger partial charge in [0.05, 0.1) is 5.57 Å². The van der Waals surface area contributed by atoms with E-state index in [1.807, 2.05) is 31.2 Å². The van der Waals surface area contributed by atoms with Crippen molar-refractivity contribution in [2.24, 2.45) is 0 Å². The van der Waals surface area contributed by atoms with Crippen LogP contribution in [0.5, 0.6) is 0 Å². The van der Waals surface area contributed by atoms with Crippen LogP contribution in [0.4, 0.5) is 16.0 Å². The lowest BCUT2D eigenvalue weighted by Crippen LogP contribution is -2.31. The zero-order valence-corrected chi connectivity index (χ0v) is 16.8. The lowest BCUT2D eigenvalue weighted by Gasteiger charge is -2.29. The average Bonchev–Trinajstić information content (AvgIpc) is 3.11. The molecule has 28 heavy (non-hydrogen) atoms. The van der Waals surface area contributed by atoms with Gasteiger partial charge in [-0.3, -0.25) is 4.79 Å². The van der Waals surface area contributed by atoms with Crippen molar-refractivity contribution in [3.63, 3.8) is 0 Å². The number of aromatic nitrogens is 3. The molecule has 2 heterocycles. The second-order valence-electron chi connectivity index (χ2n) is 6.56. The summed E-state index contributed by atoms with van der Waals surface area (Å²) in [6.07, 6.45) is 1.45. The number of carbonyl (C=O) groups excluding carboxylic acids is 1. The smallest absolute Gasteiger partial charge is 0.255 e. The summed E-state index contributed by atoms with van der Waals surface area (Å²) in [6.45, 7) is 3.58. The molecule has 1 amide bonds. The van der Waals surface area contributed by atoms with E-state index in [4.69, 9.17) is 0 Å². The van der Waals surface area contributed by atoms with Gasteiger partial charge < -0.3 is 10.6 Å². The number of hydrogen-bond acceptors (Lipinski definition) is 4. The largest absolute Gasteiger partial charge is 0.328 e. The van der Waals surface area contributed by atoms with Crippen LogP contribution < -0.4 is 10.6 Å². The molecule has 142 valence electrons. The molecule has 4 rings (SSSR count). The molecule has 0 fully saturated rings. The predicted octanol–water partition coefficient (Wildman–Crippen LogP) is 4.42. The molecule has 0 saturated carbocycles. The van der Waals surface area contributed by atoms with Gasteiger partial charge in [0.15, 0.2) is 0 Å². The number of nitrogens with zero attached hydrogens (tertiary/aromatic N) is 3. The molecule has 0 spiro atoms. The fraction of sp³-hybridized carbons (Fsp3) is 0.150. The van der Waals surface area contributed by atoms with Crippen molar-refractivity contribution in [3.05, 3.63) is 81.5 Å². The van der Waals surface area contributed by atoms with Gasteiger partial charge in [0.1, 0.15) is 18.2 Å². The van der Waals surface area contributed by atoms with Crippen molar-refractivity contribution >= 4 is 33.5 Å². The van der Waals surface area contributed by atoms with Crippen LogP contribution in [0.3, 0.4) is 0 Å². The Labute approximate surface area is 169 Å². The minimum absolute atomic E-state index is 0.284. The van der Waals surface area contributed by atoms with E-state index in [1.54, 1.807) is 17.7 Å². The Morgan fingerprint density at radius 1 is 1.21 bits per heavy atom. The van der Waals surface area contributed by atoms with Gasteiger partial charge in [-0.2, -0.15) is 10.1 Å². The molecule has 8 heteroatoms. The number of rotatable bonds is 3. The van der Waals surface area contributed by atoms with Gasteiger partial charge >= 0.3 is 0 Å². The zero-order valence-electron chi connectivity index (χ0n) is 15.2. The Kier molecular flexibility index (Phi) is 4.72. The number of amides is 1. The van der Waals surface area contributed by atoms with E-state index in [2.05, 4.69) is 36.6 Å². The average molecular weight is 442 g/mol. The number of fused-ring (bicyclic) bond motifs is 1. The Morgan fingerprint density at radius 2 is 1.96 bits per heavy atom. The fourth-order valence-corrected chi connectivity index (χ4v) is 3.56. The van der Waals surface area contributed by atoms with Gasteiger partial charge in [-0.25, -0.2) is 9.07 Å². The highest BCUT2D eigenvalue weighted by molar-refractivity contribution is 9.10. The Balaban J connectivity index is 1.76. The van der Waals surface area contributed by atoms with E-state index in [9.17, 15) is 9.18 Å². The molecule has 3 aromatic rings. The number of carbonyl (C=O) groups is 1. The number of hydrogen-bond donors (Lipinski definition) is 2. The summed E-state index contributed by atoms with van der Waals surface area (Å²) in [5.74, 6) is -0.0565. The summed E-state index contributed by atoms with van der Waals surface area (Å²) in [5, 5.41) is 10.3. The van der Waals surface area contributed by atoms with Gasteiger partial charge in [0, 0.05) is 15.9 Å². The lowest BCUT2D eigenvalue weighted by atomic mass is 9.95. The minimum atomic E-state index is -0.437. The number of allylic oxidation sites excluding steroid dienone is 1. The highest BCUT2D eigenvalue weighted by Crippen LogP contribution is 2.35. The van der Waals surface area contributed by atoms with Crippen LogP contribution in [0.25, 0.3) is 0 Å². The maximum absolute atomic E-state index is 13.4. The highest BCUT2D eigenvalue weighted by Gasteiger charge is 2.33. The summed E-state index contributed by atoms with van der Waals surface area (Å²) in [4.78, 5) is 17.4. The zero-order chi connectivity index (χ0) is 19.8. The summed E-state index contributed by atoms with van der Waals surface area (Å²) in [6, 6.07) is 11.6. The molecule has 0 aliphatic carbocycles. The third-order valence-corrected chi connectivity index (χ3v) is 5.19. The first-order valence-electron chi connectivity index (χ1n) is 8.64. The topological polar surface area (TPSA) is 71.8 Å². The summed E-state index contributed by atoms with van der Waals surface area (Å²) in [7, 11) is 0. The third kappa shape index (κ3) is 3.31. The van der Waals surface area contributed by atoms with Crippen LogP contribution in [0, 0.1) is 12.7 Å². The normalized spacial score (nSPS) is 15.8. The van der Waals surface area contributed by atoms with Crippen LogP contribution >= 0.6 is 15.9 Å². The highest BCUT2D eigenvalue weighted by atomic mass is 79.9. The van der Waals surface area contributed by atoms with Crippen molar-refractivity contribution in [1.29, 1.82) is 0 Å². The molecule has 1 atom stereocenters. The number of benzene rings is 2. The summed E-state index contributed by atoms with van der Waals surface area (Å²) >= 11 is 3.44. The second-order valence-corrected chi connectivity index (χ2v) is 7.48. The van der Waals surface area contributed by atoms with Crippen molar-refractivity contribution in [2.45, 2.75) is 19.9 Å². The molecule has 1 aliphatic rings. The predicted molar refractivity (Wildman–Crippen MR) is 108 cm³/mol. The van der Waals surface area contributed by atoms with E-state index >= 15 is 0 Å². The monoisotopic (exact) mass is 441 g/mol. The summed E-state index contributed by atoms with van der Waals surface area (Å²) < 4.78 is 16.0. The number of nitrogens with one attached hydrogen (secondary N) is 2. The molecule has 1 aromatic heterocycles. The third-order valence-electron chi connectivity index (χ3n) is 4.66. The maximum Gasteiger partial charge on any atom is 0.255 e. The first-order valence-corrected chi connectivity index (χ1v) is 9.43. The number of aryl methyl sites for hydroxylation is 1. The van der Waals surface area contributed by atoms with Crippen molar-refractivity contribution in [1.82, 2.24) is 14.8 Å². The molecule has 0 saturated heterocycles. The molecular formula is C20H17BrFN5O. The SMILES string of the molecule is CC1=C(C(=O)Nc2ccc(F)cc2C)C(c2ccc(Br)cc2)n2ncnc2N1. The lowest BCUT2D eigenvalue weighted by molar-refractivity contribution is -0.113. The van der Waals surface area contributed by atoms with Gasteiger partial charge in [0.25, 0.3) is 5.91 Å². The Hall–Kier alpha value is -3.00. The van der Waals surface area contributed by atoms with E-state index in [0.717, 1.165) is 10.0 Å². The van der Waals surface area contributed by atoms with Crippen LogP contribution in [0.2, 0.25) is 0 Å². The molecule has 0 bridgehead atoms. The van der Waals surface area contributed by atoms with Crippen molar-refractivity contribution in [2.75, 3.05) is 10.6 Å². The van der Waals surface area contributed by atoms with Crippen LogP contribution in [0.1, 0.15) is 24.1 Å². The fourth-order valence-electron chi connectivity index (χ4n) is 3.30. The Morgan fingerprint density at radius 3 is 2.68 bits per heavy atom. The molecule has 1 aliphatic heterocycles. The van der Waals surface area contributed by atoms with Crippen LogP contribution in [-0.4, -0.2) is 20.7 Å². The van der Waals surface area contributed by atoms with E-state index in [1.165, 1.54) is 18.5 Å². The van der Waals surface area contributed by atoms with E-state index in [0.29, 0.717) is 28.5 Å². The van der Waals surface area contributed by atoms with E-state index in [-0.39, 0.29) is 11.7 Å². The minimum Gasteiger partial charge on any atom is -0.328 e. The Bertz CT molecular complexity index is 1090. The molecule has 2 aromatic carbocycles. The quantitative estimate of drug-likeness (QED) is 0.630. The standard InChI is InChI=1S/C20H17BrFN5O/c1-11-9-15(22)7-8-16(11)26-19(28)17-12(2)25-20-23-10-24-27(20)18(17)13-3-5-14(21)6-4-13/h3-10,18H,1-2H3,(H,26,28)(H,23,24,25). The number of anilines is 2. The molecule has 6 nitrogen and oxygen atoms in total. The van der Waals surface area contributed by atoms with Crippen LogP contribution in [-0.2, 0) is 4.79 Å².